The highest BCUT2D eigenvalue weighted by atomic mass is 32.1. The van der Waals surface area contributed by atoms with Crippen molar-refractivity contribution in [3.63, 3.8) is 0 Å². The molecule has 1 amide bonds. The molecule has 0 saturated carbocycles. The lowest BCUT2D eigenvalue weighted by Gasteiger charge is -2.32. The number of nitrogens with one attached hydrogen (secondary N) is 1. The maximum Gasteiger partial charge on any atom is 0.255 e. The van der Waals surface area contributed by atoms with Crippen molar-refractivity contribution < 1.29 is 9.53 Å². The Morgan fingerprint density at radius 1 is 1.42 bits per heavy atom. The highest BCUT2D eigenvalue weighted by Crippen LogP contribution is 2.23. The number of benzene rings is 1. The Balaban J connectivity index is 1.56. The van der Waals surface area contributed by atoms with Gasteiger partial charge in [-0.1, -0.05) is 12.1 Å². The van der Waals surface area contributed by atoms with Crippen LogP contribution >= 0.6 is 11.3 Å². The van der Waals surface area contributed by atoms with Gasteiger partial charge in [-0.25, -0.2) is 0 Å². The lowest BCUT2D eigenvalue weighted by molar-refractivity contribution is 0.0933. The Kier molecular flexibility index (Phi) is 6.63. The number of nitrogens with zero attached hydrogens (tertiary/aromatic N) is 2. The number of amides is 1. The molecule has 1 aromatic heterocycles. The van der Waals surface area contributed by atoms with Crippen LogP contribution in [-0.2, 0) is 6.54 Å². The highest BCUT2D eigenvalue weighted by molar-refractivity contribution is 7.09. The third-order valence-corrected chi connectivity index (χ3v) is 5.26. The van der Waals surface area contributed by atoms with Crippen LogP contribution in [0, 0.1) is 5.92 Å². The predicted molar refractivity (Wildman–Crippen MR) is 105 cm³/mol. The molecule has 1 saturated heterocycles. The average molecular weight is 374 g/mol. The van der Waals surface area contributed by atoms with Crippen LogP contribution in [-0.4, -0.2) is 41.5 Å². The van der Waals surface area contributed by atoms with Crippen LogP contribution in [0.25, 0.3) is 0 Å². The second-order valence-electron chi connectivity index (χ2n) is 7.15. The van der Waals surface area contributed by atoms with E-state index in [1.807, 2.05) is 49.8 Å². The summed E-state index contributed by atoms with van der Waals surface area (Å²) >= 11 is 1.71. The third kappa shape index (κ3) is 5.29. The fraction of sp³-hybridized carbons (Fsp3) is 0.500. The normalized spacial score (nSPS) is 18.0. The fourth-order valence-electron chi connectivity index (χ4n) is 3.30. The van der Waals surface area contributed by atoms with Crippen LogP contribution in [0.15, 0.2) is 36.0 Å². The molecule has 1 N–H and O–H groups in total. The average Bonchev–Trinajstić information content (AvgIpc) is 3.13. The van der Waals surface area contributed by atoms with E-state index in [0.717, 1.165) is 19.6 Å². The summed E-state index contributed by atoms with van der Waals surface area (Å²) in [5.41, 5.74) is 2.50. The highest BCUT2D eigenvalue weighted by Gasteiger charge is 2.22. The molecule has 0 spiro atoms. The van der Waals surface area contributed by atoms with Gasteiger partial charge in [0.05, 0.1) is 17.7 Å². The topological polar surface area (TPSA) is 54.5 Å². The maximum absolute atomic E-state index is 12.4. The third-order valence-electron chi connectivity index (χ3n) is 4.49. The van der Waals surface area contributed by atoms with Crippen LogP contribution in [0.1, 0.15) is 41.9 Å². The molecule has 1 aromatic carbocycles. The molecule has 1 unspecified atom stereocenters. The van der Waals surface area contributed by atoms with Crippen molar-refractivity contribution in [1.82, 2.24) is 15.2 Å². The Morgan fingerprint density at radius 3 is 3.04 bits per heavy atom. The van der Waals surface area contributed by atoms with Crippen LogP contribution < -0.4 is 10.1 Å². The first kappa shape index (κ1) is 18.9. The summed E-state index contributed by atoms with van der Waals surface area (Å²) < 4.78 is 6.07. The number of hydrogen-bond acceptors (Lipinski definition) is 5. The molecule has 1 fully saturated rings. The van der Waals surface area contributed by atoms with Gasteiger partial charge in [-0.05, 0) is 45.4 Å². The van der Waals surface area contributed by atoms with Gasteiger partial charge in [0, 0.05) is 36.1 Å². The zero-order valence-electron chi connectivity index (χ0n) is 15.5. The smallest absolute Gasteiger partial charge is 0.255 e. The molecule has 26 heavy (non-hydrogen) atoms. The van der Waals surface area contributed by atoms with E-state index in [2.05, 4.69) is 15.2 Å². The second kappa shape index (κ2) is 9.14. The van der Waals surface area contributed by atoms with E-state index >= 15 is 0 Å². The number of ether oxygens (including phenoxy) is 1. The molecule has 1 aliphatic rings. The van der Waals surface area contributed by atoms with Gasteiger partial charge in [0.25, 0.3) is 5.91 Å². The van der Waals surface area contributed by atoms with E-state index in [9.17, 15) is 4.79 Å². The summed E-state index contributed by atoms with van der Waals surface area (Å²) in [6, 6.07) is 7.60. The number of piperidine rings is 1. The summed E-state index contributed by atoms with van der Waals surface area (Å²) in [6.07, 6.45) is 4.30. The number of hydrogen-bond donors (Lipinski definition) is 1. The maximum atomic E-state index is 12.4. The SMILES string of the molecule is CC(C)NC(=O)c1ccccc1OCC1CCCN(Cc2cncs2)C1. The minimum atomic E-state index is -0.0777. The van der Waals surface area contributed by atoms with E-state index in [1.165, 1.54) is 17.7 Å². The standard InChI is InChI=1S/C20H27N3O2S/c1-15(2)22-20(24)18-7-3-4-8-19(18)25-13-16-6-5-9-23(11-16)12-17-10-21-14-26-17/h3-4,7-8,10,14-16H,5-6,9,11-13H2,1-2H3,(H,22,24). The molecule has 0 radical (unpaired) electrons. The van der Waals surface area contributed by atoms with Crippen molar-refractivity contribution in [2.75, 3.05) is 19.7 Å². The molecular formula is C20H27N3O2S. The summed E-state index contributed by atoms with van der Waals surface area (Å²) in [5, 5.41) is 2.94. The Morgan fingerprint density at radius 2 is 2.27 bits per heavy atom. The molecule has 0 aliphatic carbocycles. The molecule has 6 heteroatoms. The largest absolute Gasteiger partial charge is 0.492 e. The van der Waals surface area contributed by atoms with Crippen molar-refractivity contribution in [2.45, 2.75) is 39.3 Å². The van der Waals surface area contributed by atoms with Gasteiger partial charge in [0.1, 0.15) is 5.75 Å². The van der Waals surface area contributed by atoms with E-state index < -0.39 is 0 Å². The number of carbonyl (C=O) groups is 1. The molecule has 1 atom stereocenters. The van der Waals surface area contributed by atoms with Crippen LogP contribution in [0.4, 0.5) is 0 Å². The van der Waals surface area contributed by atoms with E-state index in [0.29, 0.717) is 23.8 Å². The van der Waals surface area contributed by atoms with Gasteiger partial charge < -0.3 is 10.1 Å². The second-order valence-corrected chi connectivity index (χ2v) is 8.12. The lowest BCUT2D eigenvalue weighted by Crippen LogP contribution is -2.37. The summed E-state index contributed by atoms with van der Waals surface area (Å²) in [5.74, 6) is 1.08. The lowest BCUT2D eigenvalue weighted by atomic mass is 9.99. The van der Waals surface area contributed by atoms with Crippen LogP contribution in [0.3, 0.4) is 0 Å². The van der Waals surface area contributed by atoms with Crippen molar-refractivity contribution >= 4 is 17.2 Å². The molecule has 140 valence electrons. The summed E-state index contributed by atoms with van der Waals surface area (Å²) in [7, 11) is 0. The summed E-state index contributed by atoms with van der Waals surface area (Å²) in [4.78, 5) is 20.3. The van der Waals surface area contributed by atoms with Gasteiger partial charge in [-0.2, -0.15) is 0 Å². The van der Waals surface area contributed by atoms with Crippen molar-refractivity contribution in [1.29, 1.82) is 0 Å². The zero-order chi connectivity index (χ0) is 18.4. The number of para-hydroxylation sites is 1. The van der Waals surface area contributed by atoms with E-state index in [1.54, 1.807) is 11.3 Å². The minimum absolute atomic E-state index is 0.0777. The van der Waals surface area contributed by atoms with Gasteiger partial charge in [-0.15, -0.1) is 11.3 Å². The first-order chi connectivity index (χ1) is 12.6. The van der Waals surface area contributed by atoms with Crippen LogP contribution in [0.2, 0.25) is 0 Å². The van der Waals surface area contributed by atoms with Crippen LogP contribution in [0.5, 0.6) is 5.75 Å². The van der Waals surface area contributed by atoms with Crippen molar-refractivity contribution in [2.24, 2.45) is 5.92 Å². The fourth-order valence-corrected chi connectivity index (χ4v) is 3.94. The Bertz CT molecular complexity index is 703. The Hall–Kier alpha value is -1.92. The number of carbonyl (C=O) groups excluding carboxylic acids is 1. The first-order valence-electron chi connectivity index (χ1n) is 9.24. The Labute approximate surface area is 159 Å². The van der Waals surface area contributed by atoms with Crippen molar-refractivity contribution in [3.8, 4) is 5.75 Å². The summed E-state index contributed by atoms with van der Waals surface area (Å²) in [6.45, 7) is 7.68. The van der Waals surface area contributed by atoms with Crippen molar-refractivity contribution in [3.05, 3.63) is 46.4 Å². The molecule has 2 aromatic rings. The van der Waals surface area contributed by atoms with E-state index in [-0.39, 0.29) is 11.9 Å². The van der Waals surface area contributed by atoms with Gasteiger partial charge >= 0.3 is 0 Å². The number of likely N-dealkylation sites (tertiary alicyclic amines) is 1. The quantitative estimate of drug-likeness (QED) is 0.806. The number of rotatable bonds is 7. The first-order valence-corrected chi connectivity index (χ1v) is 10.1. The molecule has 3 rings (SSSR count). The van der Waals surface area contributed by atoms with Gasteiger partial charge in [-0.3, -0.25) is 14.7 Å². The van der Waals surface area contributed by atoms with E-state index in [4.69, 9.17) is 4.74 Å². The zero-order valence-corrected chi connectivity index (χ0v) is 16.3. The molecule has 1 aliphatic heterocycles. The minimum Gasteiger partial charge on any atom is -0.492 e. The molecule has 0 bridgehead atoms. The molecule has 2 heterocycles. The van der Waals surface area contributed by atoms with Gasteiger partial charge in [0.2, 0.25) is 0 Å². The predicted octanol–water partition coefficient (Wildman–Crippen LogP) is 3.57. The molecular weight excluding hydrogens is 346 g/mol. The molecule has 5 nitrogen and oxygen atoms in total. The monoisotopic (exact) mass is 373 g/mol. The number of thiazole rings is 1. The van der Waals surface area contributed by atoms with Gasteiger partial charge in [0.15, 0.2) is 0 Å². The number of aromatic nitrogens is 1.